The lowest BCUT2D eigenvalue weighted by molar-refractivity contribution is 0.231. The van der Waals surface area contributed by atoms with E-state index < -0.39 is 0 Å². The van der Waals surface area contributed by atoms with Gasteiger partial charge in [0.05, 0.1) is 0 Å². The molecule has 0 radical (unpaired) electrons. The van der Waals surface area contributed by atoms with Crippen LogP contribution >= 0.6 is 0 Å². The number of aryl methyl sites for hydroxylation is 1. The normalized spacial score (nSPS) is 18.6. The molecule has 0 amide bonds. The van der Waals surface area contributed by atoms with Gasteiger partial charge < -0.3 is 10.4 Å². The second kappa shape index (κ2) is 6.02. The van der Waals surface area contributed by atoms with Crippen molar-refractivity contribution in [1.82, 2.24) is 5.32 Å². The maximum absolute atomic E-state index is 13.2. The number of halogens is 1. The molecule has 0 saturated heterocycles. The van der Waals surface area contributed by atoms with E-state index in [1.54, 1.807) is 12.1 Å². The van der Waals surface area contributed by atoms with Crippen molar-refractivity contribution in [3.63, 3.8) is 0 Å². The first kappa shape index (κ1) is 14.5. The van der Waals surface area contributed by atoms with Crippen molar-refractivity contribution < 1.29 is 9.50 Å². The van der Waals surface area contributed by atoms with Crippen LogP contribution in [0.25, 0.3) is 0 Å². The molecule has 1 aliphatic rings. The van der Waals surface area contributed by atoms with Crippen molar-refractivity contribution in [1.29, 1.82) is 0 Å². The van der Waals surface area contributed by atoms with Crippen LogP contribution in [0.15, 0.2) is 18.2 Å². The van der Waals surface area contributed by atoms with E-state index in [4.69, 9.17) is 5.11 Å². The van der Waals surface area contributed by atoms with Crippen LogP contribution in [0.2, 0.25) is 0 Å². The molecule has 19 heavy (non-hydrogen) atoms. The fourth-order valence-electron chi connectivity index (χ4n) is 2.84. The van der Waals surface area contributed by atoms with E-state index in [0.29, 0.717) is 6.04 Å². The molecule has 2 nitrogen and oxygen atoms in total. The van der Waals surface area contributed by atoms with E-state index >= 15 is 0 Å². The Morgan fingerprint density at radius 2 is 2.21 bits per heavy atom. The standard InChI is InChI=1S/C16H24FNO/c1-16(2,8-3-9-19)11-18-15-7-4-12-10-13(17)5-6-14(12)15/h5-6,10,15,18-19H,3-4,7-9,11H2,1-2H3. The molecule has 0 heterocycles. The molecule has 1 aliphatic carbocycles. The second-order valence-electron chi connectivity index (χ2n) is 6.31. The smallest absolute Gasteiger partial charge is 0.123 e. The molecule has 0 saturated carbocycles. The van der Waals surface area contributed by atoms with Crippen LogP contribution in [0.5, 0.6) is 0 Å². The van der Waals surface area contributed by atoms with Crippen LogP contribution in [-0.2, 0) is 6.42 Å². The summed E-state index contributed by atoms with van der Waals surface area (Å²) < 4.78 is 13.2. The fraction of sp³-hybridized carbons (Fsp3) is 0.625. The zero-order chi connectivity index (χ0) is 13.9. The average molecular weight is 265 g/mol. The van der Waals surface area contributed by atoms with Crippen LogP contribution < -0.4 is 5.32 Å². The van der Waals surface area contributed by atoms with Gasteiger partial charge in [-0.1, -0.05) is 19.9 Å². The first-order chi connectivity index (χ1) is 9.02. The van der Waals surface area contributed by atoms with Crippen molar-refractivity contribution in [2.24, 2.45) is 5.41 Å². The topological polar surface area (TPSA) is 32.3 Å². The van der Waals surface area contributed by atoms with Crippen molar-refractivity contribution in [2.75, 3.05) is 13.2 Å². The lowest BCUT2D eigenvalue weighted by Gasteiger charge is -2.27. The number of hydrogen-bond donors (Lipinski definition) is 2. The largest absolute Gasteiger partial charge is 0.396 e. The minimum atomic E-state index is -0.136. The van der Waals surface area contributed by atoms with Gasteiger partial charge in [-0.3, -0.25) is 0 Å². The van der Waals surface area contributed by atoms with Gasteiger partial charge in [0, 0.05) is 19.2 Å². The predicted molar refractivity (Wildman–Crippen MR) is 75.6 cm³/mol. The van der Waals surface area contributed by atoms with Gasteiger partial charge in [0.2, 0.25) is 0 Å². The Labute approximate surface area is 115 Å². The van der Waals surface area contributed by atoms with Crippen LogP contribution in [0.3, 0.4) is 0 Å². The molecule has 1 atom stereocenters. The predicted octanol–water partition coefficient (Wildman–Crippen LogP) is 3.20. The average Bonchev–Trinajstić information content (AvgIpc) is 2.76. The highest BCUT2D eigenvalue weighted by atomic mass is 19.1. The maximum Gasteiger partial charge on any atom is 0.123 e. The third kappa shape index (κ3) is 3.77. The van der Waals surface area contributed by atoms with Crippen LogP contribution in [0.1, 0.15) is 50.3 Å². The second-order valence-corrected chi connectivity index (χ2v) is 6.31. The van der Waals surface area contributed by atoms with E-state index in [-0.39, 0.29) is 17.8 Å². The molecule has 0 bridgehead atoms. The number of rotatable bonds is 6. The molecule has 0 aromatic heterocycles. The highest BCUT2D eigenvalue weighted by molar-refractivity contribution is 5.34. The Balaban J connectivity index is 1.92. The summed E-state index contributed by atoms with van der Waals surface area (Å²) in [6.07, 6.45) is 3.87. The van der Waals surface area contributed by atoms with Crippen molar-refractivity contribution >= 4 is 0 Å². The molecule has 3 heteroatoms. The molecule has 0 aliphatic heterocycles. The molecule has 0 fully saturated rings. The Kier molecular flexibility index (Phi) is 4.58. The first-order valence-corrected chi connectivity index (χ1v) is 7.14. The molecule has 1 aromatic rings. The summed E-state index contributed by atoms with van der Waals surface area (Å²) >= 11 is 0. The Hall–Kier alpha value is -0.930. The number of aliphatic hydroxyl groups excluding tert-OH is 1. The van der Waals surface area contributed by atoms with E-state index in [1.807, 2.05) is 6.07 Å². The van der Waals surface area contributed by atoms with Gasteiger partial charge in [-0.15, -0.1) is 0 Å². The van der Waals surface area contributed by atoms with Gasteiger partial charge in [-0.05, 0) is 54.4 Å². The van der Waals surface area contributed by atoms with Crippen molar-refractivity contribution in [3.05, 3.63) is 35.1 Å². The number of aliphatic hydroxyl groups is 1. The summed E-state index contributed by atoms with van der Waals surface area (Å²) in [5.41, 5.74) is 2.58. The molecule has 106 valence electrons. The summed E-state index contributed by atoms with van der Waals surface area (Å²) in [6, 6.07) is 5.48. The van der Waals surface area contributed by atoms with Crippen LogP contribution in [-0.4, -0.2) is 18.3 Å². The lowest BCUT2D eigenvalue weighted by Crippen LogP contribution is -2.31. The first-order valence-electron chi connectivity index (χ1n) is 7.14. The zero-order valence-corrected chi connectivity index (χ0v) is 11.9. The summed E-state index contributed by atoms with van der Waals surface area (Å²) in [6.45, 7) is 5.62. The summed E-state index contributed by atoms with van der Waals surface area (Å²) in [5.74, 6) is -0.136. The molecular formula is C16H24FNO. The van der Waals surface area contributed by atoms with E-state index in [1.165, 1.54) is 5.56 Å². The highest BCUT2D eigenvalue weighted by Crippen LogP contribution is 2.32. The molecule has 1 unspecified atom stereocenters. The Bertz CT molecular complexity index is 431. The van der Waals surface area contributed by atoms with E-state index in [2.05, 4.69) is 19.2 Å². The summed E-state index contributed by atoms with van der Waals surface area (Å²) in [7, 11) is 0. The minimum absolute atomic E-state index is 0.136. The van der Waals surface area contributed by atoms with Gasteiger partial charge >= 0.3 is 0 Å². The monoisotopic (exact) mass is 265 g/mol. The third-order valence-corrected chi connectivity index (χ3v) is 4.02. The molecule has 2 N–H and O–H groups in total. The van der Waals surface area contributed by atoms with Gasteiger partial charge in [-0.25, -0.2) is 4.39 Å². The maximum atomic E-state index is 13.2. The molecule has 1 aromatic carbocycles. The van der Waals surface area contributed by atoms with Gasteiger partial charge in [-0.2, -0.15) is 0 Å². The zero-order valence-electron chi connectivity index (χ0n) is 11.9. The van der Waals surface area contributed by atoms with Crippen LogP contribution in [0, 0.1) is 11.2 Å². The van der Waals surface area contributed by atoms with Crippen molar-refractivity contribution in [3.8, 4) is 0 Å². The molecule has 0 spiro atoms. The number of benzene rings is 1. The number of nitrogens with one attached hydrogen (secondary N) is 1. The fourth-order valence-corrected chi connectivity index (χ4v) is 2.84. The quantitative estimate of drug-likeness (QED) is 0.828. The van der Waals surface area contributed by atoms with Gasteiger partial charge in [0.1, 0.15) is 5.82 Å². The Morgan fingerprint density at radius 3 is 2.95 bits per heavy atom. The molecular weight excluding hydrogens is 241 g/mol. The number of fused-ring (bicyclic) bond motifs is 1. The van der Waals surface area contributed by atoms with Gasteiger partial charge in [0.15, 0.2) is 0 Å². The van der Waals surface area contributed by atoms with E-state index in [0.717, 1.165) is 37.8 Å². The lowest BCUT2D eigenvalue weighted by atomic mass is 9.87. The minimum Gasteiger partial charge on any atom is -0.396 e. The summed E-state index contributed by atoms with van der Waals surface area (Å²) in [5, 5.41) is 12.5. The third-order valence-electron chi connectivity index (χ3n) is 4.02. The van der Waals surface area contributed by atoms with E-state index in [9.17, 15) is 4.39 Å². The highest BCUT2D eigenvalue weighted by Gasteiger charge is 2.25. The van der Waals surface area contributed by atoms with Crippen molar-refractivity contribution in [2.45, 2.75) is 45.6 Å². The SMILES string of the molecule is CC(C)(CCCO)CNC1CCc2cc(F)ccc21. The van der Waals surface area contributed by atoms with Crippen LogP contribution in [0.4, 0.5) is 4.39 Å². The number of hydrogen-bond acceptors (Lipinski definition) is 2. The molecule has 2 rings (SSSR count). The summed E-state index contributed by atoms with van der Waals surface area (Å²) in [4.78, 5) is 0. The van der Waals surface area contributed by atoms with Gasteiger partial charge in [0.25, 0.3) is 0 Å². The Morgan fingerprint density at radius 1 is 1.42 bits per heavy atom.